The highest BCUT2D eigenvalue weighted by Gasteiger charge is 2.20. The van der Waals surface area contributed by atoms with Crippen LogP contribution in [0.25, 0.3) is 0 Å². The second kappa shape index (κ2) is 2.90. The van der Waals surface area contributed by atoms with Crippen LogP contribution in [0.4, 0.5) is 0 Å². The number of rotatable bonds is 1. The standard InChI is InChI=1S/C8H15N3O2/c1-5-10-7(13)11(6(12)9-10)8(2,3)4/h5H2,1-4H3,(H,9,12). The summed E-state index contributed by atoms with van der Waals surface area (Å²) in [6.07, 6.45) is 0. The van der Waals surface area contributed by atoms with Gasteiger partial charge in [-0.3, -0.25) is 0 Å². The molecular formula is C8H15N3O2. The first kappa shape index (κ1) is 9.83. The van der Waals surface area contributed by atoms with Crippen LogP contribution in [0.5, 0.6) is 0 Å². The van der Waals surface area contributed by atoms with E-state index in [0.717, 1.165) is 0 Å². The Hall–Kier alpha value is -1.26. The van der Waals surface area contributed by atoms with Gasteiger partial charge in [0.2, 0.25) is 0 Å². The molecule has 1 rings (SSSR count). The first-order valence-electron chi connectivity index (χ1n) is 4.30. The van der Waals surface area contributed by atoms with E-state index in [-0.39, 0.29) is 11.4 Å². The van der Waals surface area contributed by atoms with E-state index in [1.54, 1.807) is 0 Å². The molecular weight excluding hydrogens is 170 g/mol. The van der Waals surface area contributed by atoms with Crippen molar-refractivity contribution in [2.24, 2.45) is 0 Å². The molecule has 1 heterocycles. The van der Waals surface area contributed by atoms with Crippen molar-refractivity contribution in [2.45, 2.75) is 39.8 Å². The number of hydrogen-bond acceptors (Lipinski definition) is 2. The van der Waals surface area contributed by atoms with Crippen LogP contribution in [-0.4, -0.2) is 14.3 Å². The maximum Gasteiger partial charge on any atom is 0.347 e. The summed E-state index contributed by atoms with van der Waals surface area (Å²) in [4.78, 5) is 22.9. The van der Waals surface area contributed by atoms with E-state index in [4.69, 9.17) is 0 Å². The van der Waals surface area contributed by atoms with Gasteiger partial charge in [-0.1, -0.05) is 0 Å². The minimum absolute atomic E-state index is 0.278. The van der Waals surface area contributed by atoms with Gasteiger partial charge in [-0.05, 0) is 27.7 Å². The lowest BCUT2D eigenvalue weighted by Gasteiger charge is -2.16. The van der Waals surface area contributed by atoms with Crippen molar-refractivity contribution in [2.75, 3.05) is 0 Å². The number of aryl methyl sites for hydroxylation is 1. The van der Waals surface area contributed by atoms with Gasteiger partial charge >= 0.3 is 11.4 Å². The minimum Gasteiger partial charge on any atom is -0.246 e. The highest BCUT2D eigenvalue weighted by molar-refractivity contribution is 4.80. The fraction of sp³-hybridized carbons (Fsp3) is 0.750. The summed E-state index contributed by atoms with van der Waals surface area (Å²) in [7, 11) is 0. The summed E-state index contributed by atoms with van der Waals surface area (Å²) < 4.78 is 2.52. The summed E-state index contributed by atoms with van der Waals surface area (Å²) in [5.74, 6) is 0. The molecule has 1 aromatic heterocycles. The van der Waals surface area contributed by atoms with Crippen molar-refractivity contribution in [3.05, 3.63) is 21.0 Å². The van der Waals surface area contributed by atoms with Crippen molar-refractivity contribution in [3.63, 3.8) is 0 Å². The fourth-order valence-corrected chi connectivity index (χ4v) is 1.23. The average molecular weight is 185 g/mol. The molecule has 0 radical (unpaired) electrons. The molecule has 0 aliphatic carbocycles. The summed E-state index contributed by atoms with van der Waals surface area (Å²) >= 11 is 0. The largest absolute Gasteiger partial charge is 0.347 e. The molecule has 0 saturated carbocycles. The zero-order valence-electron chi connectivity index (χ0n) is 8.42. The van der Waals surface area contributed by atoms with Crippen molar-refractivity contribution in [1.82, 2.24) is 14.3 Å². The van der Waals surface area contributed by atoms with E-state index in [1.165, 1.54) is 9.25 Å². The lowest BCUT2D eigenvalue weighted by Crippen LogP contribution is -2.40. The van der Waals surface area contributed by atoms with Gasteiger partial charge in [-0.25, -0.2) is 23.9 Å². The molecule has 0 fully saturated rings. The van der Waals surface area contributed by atoms with E-state index < -0.39 is 5.54 Å². The second-order valence-electron chi connectivity index (χ2n) is 3.95. The van der Waals surface area contributed by atoms with E-state index >= 15 is 0 Å². The van der Waals surface area contributed by atoms with E-state index in [0.29, 0.717) is 6.54 Å². The van der Waals surface area contributed by atoms with Crippen LogP contribution >= 0.6 is 0 Å². The van der Waals surface area contributed by atoms with Crippen LogP contribution in [0.15, 0.2) is 9.59 Å². The molecule has 0 aliphatic rings. The fourth-order valence-electron chi connectivity index (χ4n) is 1.23. The molecule has 13 heavy (non-hydrogen) atoms. The molecule has 0 aliphatic heterocycles. The Morgan fingerprint density at radius 2 is 1.85 bits per heavy atom. The Bertz CT molecular complexity index is 402. The van der Waals surface area contributed by atoms with Crippen LogP contribution < -0.4 is 11.4 Å². The lowest BCUT2D eigenvalue weighted by molar-refractivity contribution is 0.370. The summed E-state index contributed by atoms with van der Waals surface area (Å²) in [5.41, 5.74) is -1.09. The quantitative estimate of drug-likeness (QED) is 0.675. The van der Waals surface area contributed by atoms with Gasteiger partial charge in [0.25, 0.3) is 0 Å². The molecule has 5 heteroatoms. The molecule has 0 aromatic carbocycles. The van der Waals surface area contributed by atoms with Gasteiger partial charge in [0, 0.05) is 12.1 Å². The zero-order chi connectivity index (χ0) is 10.2. The van der Waals surface area contributed by atoms with Crippen LogP contribution in [0.2, 0.25) is 0 Å². The first-order chi connectivity index (χ1) is 5.88. The Balaban J connectivity index is 3.48. The summed E-state index contributed by atoms with van der Waals surface area (Å²) in [6, 6.07) is 0. The van der Waals surface area contributed by atoms with Crippen LogP contribution in [0.3, 0.4) is 0 Å². The topological polar surface area (TPSA) is 59.8 Å². The van der Waals surface area contributed by atoms with Crippen LogP contribution in [0.1, 0.15) is 27.7 Å². The monoisotopic (exact) mass is 185 g/mol. The molecule has 1 N–H and O–H groups in total. The predicted molar refractivity (Wildman–Crippen MR) is 50.0 cm³/mol. The third-order valence-corrected chi connectivity index (χ3v) is 1.84. The van der Waals surface area contributed by atoms with Gasteiger partial charge in [-0.2, -0.15) is 0 Å². The number of aromatic nitrogens is 3. The van der Waals surface area contributed by atoms with Gasteiger partial charge < -0.3 is 0 Å². The number of nitrogens with one attached hydrogen (secondary N) is 1. The average Bonchev–Trinajstić information content (AvgIpc) is 2.24. The minimum atomic E-state index is -0.467. The smallest absolute Gasteiger partial charge is 0.246 e. The SMILES string of the molecule is CCn1[nH]c(=O)n(C(C)(C)C)c1=O. The van der Waals surface area contributed by atoms with Crippen molar-refractivity contribution < 1.29 is 0 Å². The first-order valence-corrected chi connectivity index (χ1v) is 4.30. The summed E-state index contributed by atoms with van der Waals surface area (Å²) in [5, 5.41) is 2.48. The normalized spacial score (nSPS) is 12.0. The third-order valence-electron chi connectivity index (χ3n) is 1.84. The number of hydrogen-bond donors (Lipinski definition) is 1. The maximum atomic E-state index is 11.6. The number of aromatic amines is 1. The molecule has 0 bridgehead atoms. The zero-order valence-corrected chi connectivity index (χ0v) is 8.42. The van der Waals surface area contributed by atoms with Crippen molar-refractivity contribution in [1.29, 1.82) is 0 Å². The summed E-state index contributed by atoms with van der Waals surface area (Å²) in [6.45, 7) is 7.76. The molecule has 5 nitrogen and oxygen atoms in total. The molecule has 0 spiro atoms. The van der Waals surface area contributed by atoms with Gasteiger partial charge in [0.1, 0.15) is 0 Å². The molecule has 0 atom stereocenters. The van der Waals surface area contributed by atoms with Crippen LogP contribution in [-0.2, 0) is 12.1 Å². The number of H-pyrrole nitrogens is 1. The van der Waals surface area contributed by atoms with Gasteiger partial charge in [-0.15, -0.1) is 0 Å². The molecule has 74 valence electrons. The molecule has 0 amide bonds. The van der Waals surface area contributed by atoms with Crippen molar-refractivity contribution in [3.8, 4) is 0 Å². The van der Waals surface area contributed by atoms with Crippen LogP contribution in [0, 0.1) is 0 Å². The third kappa shape index (κ3) is 1.59. The highest BCUT2D eigenvalue weighted by Crippen LogP contribution is 2.06. The molecule has 1 aromatic rings. The highest BCUT2D eigenvalue weighted by atomic mass is 16.2. The van der Waals surface area contributed by atoms with Gasteiger partial charge in [0.15, 0.2) is 0 Å². The van der Waals surface area contributed by atoms with E-state index in [2.05, 4.69) is 5.10 Å². The predicted octanol–water partition coefficient (Wildman–Crippen LogP) is 0.113. The second-order valence-corrected chi connectivity index (χ2v) is 3.95. The maximum absolute atomic E-state index is 11.6. The Morgan fingerprint density at radius 3 is 2.08 bits per heavy atom. The van der Waals surface area contributed by atoms with E-state index in [9.17, 15) is 9.59 Å². The Kier molecular flexibility index (Phi) is 2.19. The van der Waals surface area contributed by atoms with Crippen molar-refractivity contribution >= 4 is 0 Å². The molecule has 0 unspecified atom stereocenters. The number of nitrogens with zero attached hydrogens (tertiary/aromatic N) is 2. The van der Waals surface area contributed by atoms with E-state index in [1.807, 2.05) is 27.7 Å². The Morgan fingerprint density at radius 1 is 1.31 bits per heavy atom. The van der Waals surface area contributed by atoms with Gasteiger partial charge in [0.05, 0.1) is 0 Å². The lowest BCUT2D eigenvalue weighted by atomic mass is 10.1. The molecule has 0 saturated heterocycles. The Labute approximate surface area is 76.0 Å².